The Hall–Kier alpha value is -1.48. The van der Waals surface area contributed by atoms with E-state index in [1.54, 1.807) is 11.3 Å². The molecule has 0 atom stereocenters. The molecule has 0 bridgehead atoms. The van der Waals surface area contributed by atoms with E-state index in [2.05, 4.69) is 31.8 Å². The molecule has 21 heavy (non-hydrogen) atoms. The number of pyridine rings is 1. The van der Waals surface area contributed by atoms with Crippen LogP contribution in [0.25, 0.3) is 0 Å². The number of Topliss-reactive ketones (excluding diaryl/α,β-unsaturated/α-hetero) is 1. The Bertz CT molecular complexity index is 581. The van der Waals surface area contributed by atoms with Crippen molar-refractivity contribution in [2.45, 2.75) is 51.9 Å². The Labute approximate surface area is 131 Å². The quantitative estimate of drug-likeness (QED) is 0.553. The summed E-state index contributed by atoms with van der Waals surface area (Å²) in [5.74, 6) is 0.283. The third kappa shape index (κ3) is 4.78. The van der Waals surface area contributed by atoms with Gasteiger partial charge in [0.15, 0.2) is 5.78 Å². The highest BCUT2D eigenvalue weighted by Gasteiger charge is 2.18. The average molecular weight is 301 g/mol. The number of thiophene rings is 1. The minimum absolute atomic E-state index is 0.130. The first-order valence-electron chi connectivity index (χ1n) is 7.49. The van der Waals surface area contributed by atoms with Crippen molar-refractivity contribution in [2.75, 3.05) is 0 Å². The molecular weight excluding hydrogens is 278 g/mol. The molecule has 3 heteroatoms. The minimum atomic E-state index is 0.130. The Morgan fingerprint density at radius 3 is 2.43 bits per heavy atom. The van der Waals surface area contributed by atoms with Gasteiger partial charge in [-0.05, 0) is 54.5 Å². The number of carbonyl (C=O) groups is 1. The van der Waals surface area contributed by atoms with Crippen molar-refractivity contribution in [1.29, 1.82) is 0 Å². The second-order valence-electron chi connectivity index (χ2n) is 6.40. The number of hydrogen-bond acceptors (Lipinski definition) is 3. The van der Waals surface area contributed by atoms with E-state index in [4.69, 9.17) is 0 Å². The molecule has 0 N–H and O–H groups in total. The van der Waals surface area contributed by atoms with E-state index in [-0.39, 0.29) is 11.2 Å². The van der Waals surface area contributed by atoms with Crippen molar-refractivity contribution in [2.24, 2.45) is 0 Å². The number of aryl methyl sites for hydroxylation is 1. The van der Waals surface area contributed by atoms with Crippen LogP contribution in [-0.4, -0.2) is 10.8 Å². The predicted octanol–water partition coefficient (Wildman–Crippen LogP) is 5.04. The molecule has 2 aromatic heterocycles. The third-order valence-corrected chi connectivity index (χ3v) is 5.04. The Morgan fingerprint density at radius 2 is 1.81 bits per heavy atom. The highest BCUT2D eigenvalue weighted by molar-refractivity contribution is 7.14. The predicted molar refractivity (Wildman–Crippen MR) is 89.1 cm³/mol. The van der Waals surface area contributed by atoms with Crippen LogP contribution in [0, 0.1) is 0 Å². The van der Waals surface area contributed by atoms with Crippen LogP contribution in [0.2, 0.25) is 0 Å². The van der Waals surface area contributed by atoms with Gasteiger partial charge in [-0.25, -0.2) is 0 Å². The Balaban J connectivity index is 1.78. The lowest BCUT2D eigenvalue weighted by atomic mass is 9.95. The van der Waals surface area contributed by atoms with Crippen molar-refractivity contribution in [3.05, 3.63) is 52.0 Å². The van der Waals surface area contributed by atoms with Crippen molar-refractivity contribution < 1.29 is 4.79 Å². The molecule has 2 aromatic rings. The van der Waals surface area contributed by atoms with Crippen LogP contribution >= 0.6 is 11.3 Å². The van der Waals surface area contributed by atoms with E-state index < -0.39 is 0 Å². The zero-order valence-corrected chi connectivity index (χ0v) is 13.9. The molecule has 0 aliphatic carbocycles. The van der Waals surface area contributed by atoms with Gasteiger partial charge in [0.05, 0.1) is 4.88 Å². The van der Waals surface area contributed by atoms with Crippen LogP contribution in [0.1, 0.15) is 60.1 Å². The smallest absolute Gasteiger partial charge is 0.172 e. The van der Waals surface area contributed by atoms with Gasteiger partial charge in [0.2, 0.25) is 0 Å². The maximum Gasteiger partial charge on any atom is 0.172 e. The molecule has 0 amide bonds. The summed E-state index contributed by atoms with van der Waals surface area (Å²) in [5, 5.41) is 0. The molecule has 2 rings (SSSR count). The maximum absolute atomic E-state index is 12.2. The van der Waals surface area contributed by atoms with Crippen LogP contribution in [0.5, 0.6) is 0 Å². The summed E-state index contributed by atoms with van der Waals surface area (Å²) in [6.45, 7) is 6.55. The van der Waals surface area contributed by atoms with Gasteiger partial charge in [-0.2, -0.15) is 0 Å². The monoisotopic (exact) mass is 301 g/mol. The van der Waals surface area contributed by atoms with Crippen LogP contribution in [0.15, 0.2) is 36.7 Å². The first kappa shape index (κ1) is 15.9. The summed E-state index contributed by atoms with van der Waals surface area (Å²) >= 11 is 1.64. The van der Waals surface area contributed by atoms with Crippen molar-refractivity contribution in [1.82, 2.24) is 4.98 Å². The summed E-state index contributed by atoms with van der Waals surface area (Å²) in [6, 6.07) is 8.15. The van der Waals surface area contributed by atoms with E-state index in [1.165, 1.54) is 10.4 Å². The Kier molecular flexibility index (Phi) is 5.29. The number of hydrogen-bond donors (Lipinski definition) is 0. The first-order chi connectivity index (χ1) is 9.97. The number of nitrogens with zero attached hydrogens (tertiary/aromatic N) is 1. The van der Waals surface area contributed by atoms with Gasteiger partial charge >= 0.3 is 0 Å². The summed E-state index contributed by atoms with van der Waals surface area (Å²) in [5.41, 5.74) is 1.42. The van der Waals surface area contributed by atoms with Gasteiger partial charge < -0.3 is 0 Å². The summed E-state index contributed by atoms with van der Waals surface area (Å²) in [6.07, 6.45) is 7.31. The van der Waals surface area contributed by atoms with Crippen LogP contribution < -0.4 is 0 Å². The van der Waals surface area contributed by atoms with Crippen LogP contribution in [0.3, 0.4) is 0 Å². The molecule has 2 nitrogen and oxygen atoms in total. The molecule has 0 aliphatic rings. The fourth-order valence-corrected chi connectivity index (χ4v) is 3.21. The zero-order chi connectivity index (χ0) is 15.3. The number of carbonyl (C=O) groups excluding carboxylic acids is 1. The molecule has 0 unspecified atom stereocenters. The normalized spacial score (nSPS) is 11.6. The molecule has 0 saturated carbocycles. The lowest BCUT2D eigenvalue weighted by Crippen LogP contribution is -2.07. The van der Waals surface area contributed by atoms with E-state index in [0.717, 1.165) is 24.1 Å². The van der Waals surface area contributed by atoms with Crippen LogP contribution in [-0.2, 0) is 11.8 Å². The first-order valence-corrected chi connectivity index (χ1v) is 8.31. The lowest BCUT2D eigenvalue weighted by Gasteiger charge is -2.15. The molecule has 0 spiro atoms. The highest BCUT2D eigenvalue weighted by atomic mass is 32.1. The number of aromatic nitrogens is 1. The fourth-order valence-electron chi connectivity index (χ4n) is 2.18. The van der Waals surface area contributed by atoms with Gasteiger partial charge in [0.1, 0.15) is 0 Å². The molecule has 0 radical (unpaired) electrons. The van der Waals surface area contributed by atoms with Gasteiger partial charge in [0.25, 0.3) is 0 Å². The summed E-state index contributed by atoms with van der Waals surface area (Å²) in [4.78, 5) is 18.4. The molecule has 0 fully saturated rings. The SMILES string of the molecule is CC(C)(C)c1ccc(C(=O)CCCCc2ccncc2)s1. The number of unbranched alkanes of at least 4 members (excludes halogenated alkanes) is 1. The standard InChI is InChI=1S/C18H23NOS/c1-18(2,3)17-9-8-16(21-17)15(20)7-5-4-6-14-10-12-19-13-11-14/h8-13H,4-7H2,1-3H3. The lowest BCUT2D eigenvalue weighted by molar-refractivity contribution is 0.0983. The van der Waals surface area contributed by atoms with E-state index in [0.29, 0.717) is 6.42 Å². The maximum atomic E-state index is 12.2. The topological polar surface area (TPSA) is 30.0 Å². The van der Waals surface area contributed by atoms with Gasteiger partial charge in [0, 0.05) is 23.7 Å². The zero-order valence-electron chi connectivity index (χ0n) is 13.1. The van der Waals surface area contributed by atoms with Crippen molar-refractivity contribution in [3.63, 3.8) is 0 Å². The summed E-state index contributed by atoms with van der Waals surface area (Å²) in [7, 11) is 0. The largest absolute Gasteiger partial charge is 0.293 e. The van der Waals surface area contributed by atoms with E-state index in [1.807, 2.05) is 30.6 Å². The highest BCUT2D eigenvalue weighted by Crippen LogP contribution is 2.30. The molecular formula is C18H23NOS. The van der Waals surface area contributed by atoms with Gasteiger partial charge in [-0.3, -0.25) is 9.78 Å². The number of ketones is 1. The van der Waals surface area contributed by atoms with Gasteiger partial charge in [-0.1, -0.05) is 20.8 Å². The van der Waals surface area contributed by atoms with Crippen LogP contribution in [0.4, 0.5) is 0 Å². The van der Waals surface area contributed by atoms with Crippen molar-refractivity contribution >= 4 is 17.1 Å². The fraction of sp³-hybridized carbons (Fsp3) is 0.444. The van der Waals surface area contributed by atoms with E-state index >= 15 is 0 Å². The number of rotatable bonds is 6. The molecule has 2 heterocycles. The molecule has 0 aromatic carbocycles. The van der Waals surface area contributed by atoms with Crippen molar-refractivity contribution in [3.8, 4) is 0 Å². The Morgan fingerprint density at radius 1 is 1.10 bits per heavy atom. The van der Waals surface area contributed by atoms with Gasteiger partial charge in [-0.15, -0.1) is 11.3 Å². The summed E-state index contributed by atoms with van der Waals surface area (Å²) < 4.78 is 0. The molecule has 0 aliphatic heterocycles. The third-order valence-electron chi connectivity index (χ3n) is 3.49. The average Bonchev–Trinajstić information content (AvgIpc) is 2.94. The molecule has 0 saturated heterocycles. The molecule has 112 valence electrons. The second kappa shape index (κ2) is 6.99. The minimum Gasteiger partial charge on any atom is -0.293 e. The van der Waals surface area contributed by atoms with E-state index in [9.17, 15) is 4.79 Å². The second-order valence-corrected chi connectivity index (χ2v) is 7.48.